The van der Waals surface area contributed by atoms with E-state index in [9.17, 15) is 4.79 Å². The molecule has 2 aliphatic rings. The van der Waals surface area contributed by atoms with Crippen LogP contribution in [0, 0.1) is 5.41 Å². The van der Waals surface area contributed by atoms with Crippen molar-refractivity contribution >= 4 is 40.7 Å². The van der Waals surface area contributed by atoms with E-state index in [0.717, 1.165) is 42.7 Å². The molecule has 0 bridgehead atoms. The minimum atomic E-state index is 0. The van der Waals surface area contributed by atoms with Crippen LogP contribution in [0.1, 0.15) is 30.4 Å². The zero-order chi connectivity index (χ0) is 18.3. The highest BCUT2D eigenvalue weighted by molar-refractivity contribution is 7.07. The Hall–Kier alpha value is -1.89. The van der Waals surface area contributed by atoms with Crippen molar-refractivity contribution in [2.45, 2.75) is 38.3 Å². The zero-order valence-electron chi connectivity index (χ0n) is 15.7. The number of fused-ring (bicyclic) bond motifs is 1. The van der Waals surface area contributed by atoms with Crippen LogP contribution in [0.5, 0.6) is 0 Å². The molecule has 148 valence electrons. The fourth-order valence-corrected chi connectivity index (χ4v) is 5.26. The fraction of sp³-hybridized carbons (Fsp3) is 0.429. The molecule has 0 radical (unpaired) electrons. The van der Waals surface area contributed by atoms with E-state index in [1.807, 2.05) is 18.3 Å². The molecule has 2 fully saturated rings. The van der Waals surface area contributed by atoms with Crippen LogP contribution in [0.15, 0.2) is 41.4 Å². The molecule has 1 aliphatic carbocycles. The molecule has 1 spiro atoms. The molecular formula is C21H25ClN4OS. The van der Waals surface area contributed by atoms with Gasteiger partial charge in [-0.15, -0.1) is 12.4 Å². The maximum absolute atomic E-state index is 13.4. The first-order chi connectivity index (χ1) is 13.3. The smallest absolute Gasteiger partial charge is 0.227 e. The van der Waals surface area contributed by atoms with Gasteiger partial charge in [-0.05, 0) is 77.9 Å². The number of carbonyl (C=O) groups excluding carboxylic acids is 1. The first-order valence-corrected chi connectivity index (χ1v) is 10.6. The van der Waals surface area contributed by atoms with Crippen molar-refractivity contribution in [3.63, 3.8) is 0 Å². The summed E-state index contributed by atoms with van der Waals surface area (Å²) in [6.07, 6.45) is 7.66. The number of H-pyrrole nitrogens is 1. The summed E-state index contributed by atoms with van der Waals surface area (Å²) < 4.78 is 0. The lowest BCUT2D eigenvalue weighted by Crippen LogP contribution is -2.39. The van der Waals surface area contributed by atoms with Crippen molar-refractivity contribution in [2.75, 3.05) is 13.1 Å². The third-order valence-corrected chi connectivity index (χ3v) is 6.99. The van der Waals surface area contributed by atoms with Gasteiger partial charge in [-0.2, -0.15) is 11.3 Å². The maximum Gasteiger partial charge on any atom is 0.227 e. The number of hydrogen-bond donors (Lipinski definition) is 2. The second-order valence-electron chi connectivity index (χ2n) is 7.88. The Morgan fingerprint density at radius 3 is 2.96 bits per heavy atom. The number of aromatic amines is 1. The van der Waals surface area contributed by atoms with Crippen LogP contribution in [0.3, 0.4) is 0 Å². The van der Waals surface area contributed by atoms with E-state index < -0.39 is 0 Å². The average molecular weight is 417 g/mol. The van der Waals surface area contributed by atoms with Gasteiger partial charge in [0.25, 0.3) is 0 Å². The molecule has 3 aromatic rings. The molecule has 1 atom stereocenters. The van der Waals surface area contributed by atoms with E-state index >= 15 is 0 Å². The van der Waals surface area contributed by atoms with Crippen molar-refractivity contribution in [3.8, 4) is 0 Å². The normalized spacial score (nSPS) is 20.1. The number of aromatic nitrogens is 2. The molecule has 1 aliphatic heterocycles. The van der Waals surface area contributed by atoms with Crippen molar-refractivity contribution in [1.82, 2.24) is 20.2 Å². The molecule has 1 saturated heterocycles. The van der Waals surface area contributed by atoms with Gasteiger partial charge in [-0.1, -0.05) is 0 Å². The summed E-state index contributed by atoms with van der Waals surface area (Å²) in [7, 11) is 0. The van der Waals surface area contributed by atoms with Gasteiger partial charge in [-0.25, -0.2) is 4.98 Å². The zero-order valence-corrected chi connectivity index (χ0v) is 17.3. The van der Waals surface area contributed by atoms with Gasteiger partial charge in [0.15, 0.2) is 0 Å². The van der Waals surface area contributed by atoms with E-state index in [1.54, 1.807) is 17.5 Å². The molecule has 7 heteroatoms. The van der Waals surface area contributed by atoms with Gasteiger partial charge in [0.1, 0.15) is 5.65 Å². The Morgan fingerprint density at radius 2 is 2.18 bits per heavy atom. The van der Waals surface area contributed by atoms with Crippen molar-refractivity contribution in [1.29, 1.82) is 0 Å². The number of carbonyl (C=O) groups is 1. The summed E-state index contributed by atoms with van der Waals surface area (Å²) in [6.45, 7) is 2.87. The molecule has 4 heterocycles. The van der Waals surface area contributed by atoms with Crippen molar-refractivity contribution in [2.24, 2.45) is 5.41 Å². The summed E-state index contributed by atoms with van der Waals surface area (Å²) in [5.41, 5.74) is 3.48. The number of amides is 1. The molecule has 0 aromatic carbocycles. The number of piperidine rings is 1. The highest BCUT2D eigenvalue weighted by atomic mass is 35.5. The summed E-state index contributed by atoms with van der Waals surface area (Å²) in [4.78, 5) is 23.1. The number of rotatable bonds is 5. The minimum absolute atomic E-state index is 0. The van der Waals surface area contributed by atoms with E-state index in [4.69, 9.17) is 0 Å². The summed E-state index contributed by atoms with van der Waals surface area (Å²) in [5, 5.41) is 8.76. The lowest BCUT2D eigenvalue weighted by atomic mass is 9.93. The predicted molar refractivity (Wildman–Crippen MR) is 115 cm³/mol. The number of nitrogens with one attached hydrogen (secondary N) is 2. The lowest BCUT2D eigenvalue weighted by Gasteiger charge is -2.29. The molecule has 1 unspecified atom stereocenters. The predicted octanol–water partition coefficient (Wildman–Crippen LogP) is 3.76. The monoisotopic (exact) mass is 416 g/mol. The SMILES string of the molecule is Cl.O=C(Cc1c[nH]c2ncccc12)N(Cc1ccsc1)C1CC12CCNCC2. The van der Waals surface area contributed by atoms with Crippen molar-refractivity contribution < 1.29 is 4.79 Å². The second-order valence-corrected chi connectivity index (χ2v) is 8.66. The first-order valence-electron chi connectivity index (χ1n) is 9.67. The Kier molecular flexibility index (Phi) is 5.45. The Balaban J connectivity index is 0.00000192. The fourth-order valence-electron chi connectivity index (χ4n) is 4.60. The van der Waals surface area contributed by atoms with Crippen LogP contribution in [-0.2, 0) is 17.8 Å². The van der Waals surface area contributed by atoms with Gasteiger partial charge in [0.05, 0.1) is 6.42 Å². The third-order valence-electron chi connectivity index (χ3n) is 6.25. The third kappa shape index (κ3) is 3.56. The van der Waals surface area contributed by atoms with E-state index in [0.29, 0.717) is 17.9 Å². The Labute approximate surface area is 175 Å². The lowest BCUT2D eigenvalue weighted by molar-refractivity contribution is -0.132. The summed E-state index contributed by atoms with van der Waals surface area (Å²) >= 11 is 1.70. The summed E-state index contributed by atoms with van der Waals surface area (Å²) in [6, 6.07) is 6.49. The van der Waals surface area contributed by atoms with Crippen LogP contribution in [0.2, 0.25) is 0 Å². The largest absolute Gasteiger partial charge is 0.346 e. The molecule has 28 heavy (non-hydrogen) atoms. The van der Waals surface area contributed by atoms with Gasteiger partial charge in [0, 0.05) is 30.4 Å². The minimum Gasteiger partial charge on any atom is -0.346 e. The van der Waals surface area contributed by atoms with Gasteiger partial charge >= 0.3 is 0 Å². The number of hydrogen-bond acceptors (Lipinski definition) is 4. The molecule has 3 aromatic heterocycles. The molecule has 1 amide bonds. The second kappa shape index (κ2) is 7.85. The number of pyridine rings is 1. The van der Waals surface area contributed by atoms with Crippen LogP contribution in [0.25, 0.3) is 11.0 Å². The van der Waals surface area contributed by atoms with Gasteiger partial charge in [0.2, 0.25) is 5.91 Å². The number of halogens is 1. The molecule has 5 rings (SSSR count). The molecule has 5 nitrogen and oxygen atoms in total. The van der Waals surface area contributed by atoms with Crippen molar-refractivity contribution in [3.05, 3.63) is 52.5 Å². The Morgan fingerprint density at radius 1 is 1.32 bits per heavy atom. The summed E-state index contributed by atoms with van der Waals surface area (Å²) in [5.74, 6) is 0.228. The highest BCUT2D eigenvalue weighted by Crippen LogP contribution is 2.56. The Bertz CT molecular complexity index is 948. The number of nitrogens with zero attached hydrogens (tertiary/aromatic N) is 2. The van der Waals surface area contributed by atoms with Gasteiger partial charge < -0.3 is 15.2 Å². The van der Waals surface area contributed by atoms with Crippen LogP contribution < -0.4 is 5.32 Å². The highest BCUT2D eigenvalue weighted by Gasteiger charge is 2.57. The quantitative estimate of drug-likeness (QED) is 0.665. The van der Waals surface area contributed by atoms with Crippen LogP contribution >= 0.6 is 23.7 Å². The molecule has 2 N–H and O–H groups in total. The van der Waals surface area contributed by atoms with E-state index in [-0.39, 0.29) is 18.3 Å². The molecule has 1 saturated carbocycles. The van der Waals surface area contributed by atoms with Crippen LogP contribution in [0.4, 0.5) is 0 Å². The first kappa shape index (κ1) is 19.4. The van der Waals surface area contributed by atoms with Gasteiger partial charge in [-0.3, -0.25) is 4.79 Å². The number of thiophene rings is 1. The standard InChI is InChI=1S/C21H24N4OS.ClH/c26-19(10-16-12-24-20-17(16)2-1-6-23-20)25(13-15-3-9-27-14-15)18-11-21(18)4-7-22-8-5-21;/h1-3,6,9,12,14,18,22H,4-5,7-8,10-11,13H2,(H,23,24);1H. The maximum atomic E-state index is 13.4. The average Bonchev–Trinajstić information content (AvgIpc) is 3.07. The van der Waals surface area contributed by atoms with E-state index in [1.165, 1.54) is 18.4 Å². The topological polar surface area (TPSA) is 61.0 Å². The van der Waals surface area contributed by atoms with E-state index in [2.05, 4.69) is 37.0 Å². The molecular weight excluding hydrogens is 392 g/mol. The van der Waals surface area contributed by atoms with Crippen LogP contribution in [-0.4, -0.2) is 39.9 Å².